The summed E-state index contributed by atoms with van der Waals surface area (Å²) in [5.74, 6) is -1.42. The van der Waals surface area contributed by atoms with Gasteiger partial charge in [0.05, 0.1) is 4.90 Å². The summed E-state index contributed by atoms with van der Waals surface area (Å²) in [6, 6.07) is 27.9. The first kappa shape index (κ1) is 28.2. The van der Waals surface area contributed by atoms with Crippen molar-refractivity contribution < 1.29 is 26.9 Å². The summed E-state index contributed by atoms with van der Waals surface area (Å²) in [7, 11) is -7.30. The summed E-state index contributed by atoms with van der Waals surface area (Å²) in [6.07, 6.45) is 0.0964. The molecule has 0 aromatic heterocycles. The third-order valence-corrected chi connectivity index (χ3v) is 13.8. The van der Waals surface area contributed by atoms with Crippen LogP contribution in [0.4, 0.5) is 0 Å². The molecule has 8 heteroatoms. The van der Waals surface area contributed by atoms with Gasteiger partial charge in [-0.05, 0) is 46.3 Å². The van der Waals surface area contributed by atoms with Gasteiger partial charge in [-0.2, -0.15) is 8.42 Å². The Morgan fingerprint density at radius 3 is 1.79 bits per heavy atom. The predicted octanol–water partition coefficient (Wildman–Crippen LogP) is 4.98. The van der Waals surface area contributed by atoms with Crippen LogP contribution in [0.5, 0.6) is 0 Å². The van der Waals surface area contributed by atoms with E-state index in [-0.39, 0.29) is 28.7 Å². The smallest absolute Gasteiger partial charge is 0.337 e. The Bertz CT molecular complexity index is 1300. The zero-order valence-corrected chi connectivity index (χ0v) is 24.1. The summed E-state index contributed by atoms with van der Waals surface area (Å²) >= 11 is 0. The highest BCUT2D eigenvalue weighted by molar-refractivity contribution is 7.86. The second kappa shape index (κ2) is 10.8. The van der Waals surface area contributed by atoms with Gasteiger partial charge in [0, 0.05) is 12.5 Å². The number of benzene rings is 3. The highest BCUT2D eigenvalue weighted by atomic mass is 32.2. The average Bonchev–Trinajstić information content (AvgIpc) is 2.87. The second-order valence-electron chi connectivity index (χ2n) is 11.3. The minimum Gasteiger partial charge on any atom is -0.479 e. The second-order valence-corrected chi connectivity index (χ2v) is 17.1. The van der Waals surface area contributed by atoms with Crippen molar-refractivity contribution in [2.24, 2.45) is 5.92 Å². The summed E-state index contributed by atoms with van der Waals surface area (Å²) in [5, 5.41) is 12.2. The molecule has 0 bridgehead atoms. The van der Waals surface area contributed by atoms with Crippen molar-refractivity contribution in [3.63, 3.8) is 0 Å². The number of hydrogen-bond acceptors (Lipinski definition) is 5. The van der Waals surface area contributed by atoms with Crippen molar-refractivity contribution in [2.75, 3.05) is 0 Å². The van der Waals surface area contributed by atoms with E-state index in [0.29, 0.717) is 6.42 Å². The van der Waals surface area contributed by atoms with E-state index in [9.17, 15) is 18.3 Å². The summed E-state index contributed by atoms with van der Waals surface area (Å²) in [4.78, 5) is 12.7. The molecule has 3 aromatic carbocycles. The van der Waals surface area contributed by atoms with Crippen molar-refractivity contribution in [1.29, 1.82) is 0 Å². The van der Waals surface area contributed by atoms with Crippen LogP contribution in [0.3, 0.4) is 0 Å². The van der Waals surface area contributed by atoms with Gasteiger partial charge >= 0.3 is 5.97 Å². The maximum atomic E-state index is 13.2. The van der Waals surface area contributed by atoms with E-state index in [2.05, 4.69) is 45.0 Å². The highest BCUT2D eigenvalue weighted by Crippen LogP contribution is 2.44. The molecule has 0 unspecified atom stereocenters. The highest BCUT2D eigenvalue weighted by Gasteiger charge is 2.56. The maximum absolute atomic E-state index is 13.2. The predicted molar refractivity (Wildman–Crippen MR) is 151 cm³/mol. The van der Waals surface area contributed by atoms with Gasteiger partial charge in [0.2, 0.25) is 0 Å². The Hall–Kier alpha value is -2.78. The van der Waals surface area contributed by atoms with Crippen molar-refractivity contribution in [1.82, 2.24) is 0 Å². The topological polar surface area (TPSA) is 89.9 Å². The first-order chi connectivity index (χ1) is 17.9. The minimum atomic E-state index is -4.31. The third-order valence-electron chi connectivity index (χ3n) is 7.35. The fraction of sp³-hybridized carbons (Fsp3) is 0.367. The van der Waals surface area contributed by atoms with E-state index < -0.39 is 36.1 Å². The Balaban J connectivity index is 1.79. The largest absolute Gasteiger partial charge is 0.479 e. The SMILES string of the molecule is C[C@H]1C[C@@H](O[Si](c2ccccc2)(c2ccccc2)C(C)(C)C)C[C@](OS(=O)(=O)c2ccccc2)(C(=O)O)C1. The third kappa shape index (κ3) is 5.49. The van der Waals surface area contributed by atoms with E-state index >= 15 is 0 Å². The fourth-order valence-corrected chi connectivity index (χ4v) is 11.7. The average molecular weight is 553 g/mol. The van der Waals surface area contributed by atoms with Crippen LogP contribution in [-0.2, 0) is 23.5 Å². The van der Waals surface area contributed by atoms with Gasteiger partial charge in [-0.25, -0.2) is 8.98 Å². The van der Waals surface area contributed by atoms with Crippen molar-refractivity contribution in [3.8, 4) is 0 Å². The van der Waals surface area contributed by atoms with Crippen LogP contribution < -0.4 is 10.4 Å². The van der Waals surface area contributed by atoms with Gasteiger partial charge in [0.15, 0.2) is 5.60 Å². The number of carboxylic acids is 1. The standard InChI is InChI=1S/C30H36O6SSi/c1-23-20-24(22-30(21-23,28(31)32)36-37(33,34)25-14-8-5-9-15-25)35-38(29(2,3)4,26-16-10-6-11-17-26)27-18-12-7-13-19-27/h5-19,23-24H,20-22H2,1-4H3,(H,31,32)/t23-,24+,30-/m0/s1. The molecule has 1 fully saturated rings. The molecule has 0 amide bonds. The van der Waals surface area contributed by atoms with Gasteiger partial charge in [-0.3, -0.25) is 0 Å². The van der Waals surface area contributed by atoms with Crippen LogP contribution in [0.25, 0.3) is 0 Å². The molecule has 202 valence electrons. The van der Waals surface area contributed by atoms with Gasteiger partial charge in [0.1, 0.15) is 0 Å². The zero-order chi connectivity index (χ0) is 27.6. The van der Waals surface area contributed by atoms with Crippen LogP contribution in [0.15, 0.2) is 95.9 Å². The van der Waals surface area contributed by atoms with E-state index in [0.717, 1.165) is 10.4 Å². The maximum Gasteiger partial charge on any atom is 0.337 e. The fourth-order valence-electron chi connectivity index (χ4n) is 5.78. The Kier molecular flexibility index (Phi) is 8.00. The summed E-state index contributed by atoms with van der Waals surface area (Å²) in [6.45, 7) is 8.40. The van der Waals surface area contributed by atoms with Crippen molar-refractivity contribution >= 4 is 34.8 Å². The monoisotopic (exact) mass is 552 g/mol. The van der Waals surface area contributed by atoms with E-state index in [1.54, 1.807) is 18.2 Å². The number of hydrogen-bond donors (Lipinski definition) is 1. The molecular weight excluding hydrogens is 516 g/mol. The van der Waals surface area contributed by atoms with E-state index in [1.165, 1.54) is 12.1 Å². The van der Waals surface area contributed by atoms with Crippen LogP contribution >= 0.6 is 0 Å². The molecule has 38 heavy (non-hydrogen) atoms. The molecule has 0 aliphatic heterocycles. The molecule has 1 saturated carbocycles. The van der Waals surface area contributed by atoms with E-state index in [1.807, 2.05) is 43.3 Å². The molecule has 1 aliphatic rings. The summed E-state index contributed by atoms with van der Waals surface area (Å²) in [5.41, 5.74) is -1.93. The van der Waals surface area contributed by atoms with Crippen molar-refractivity contribution in [2.45, 2.75) is 68.6 Å². The van der Waals surface area contributed by atoms with Crippen molar-refractivity contribution in [3.05, 3.63) is 91.0 Å². The molecule has 1 N–H and O–H groups in total. The lowest BCUT2D eigenvalue weighted by Gasteiger charge is -2.48. The van der Waals surface area contributed by atoms with Crippen LogP contribution in [0, 0.1) is 5.92 Å². The first-order valence-electron chi connectivity index (χ1n) is 12.9. The number of carboxylic acid groups (broad SMARTS) is 1. The van der Waals surface area contributed by atoms with Gasteiger partial charge in [0.25, 0.3) is 18.4 Å². The Labute approximate surface area is 226 Å². The molecular formula is C30H36O6SSi. The minimum absolute atomic E-state index is 0.0662. The van der Waals surface area contributed by atoms with Crippen LogP contribution in [0.1, 0.15) is 47.0 Å². The molecule has 1 aliphatic carbocycles. The normalized spacial score (nSPS) is 22.6. The molecule has 0 spiro atoms. The molecule has 6 nitrogen and oxygen atoms in total. The molecule has 3 atom stereocenters. The number of rotatable bonds is 8. The zero-order valence-electron chi connectivity index (χ0n) is 22.3. The molecule has 0 saturated heterocycles. The van der Waals surface area contributed by atoms with E-state index in [4.69, 9.17) is 8.61 Å². The van der Waals surface area contributed by atoms with Gasteiger partial charge in [-0.1, -0.05) is 107 Å². The van der Waals surface area contributed by atoms with Crippen LogP contribution in [0.2, 0.25) is 5.04 Å². The summed E-state index contributed by atoms with van der Waals surface area (Å²) < 4.78 is 39.2. The molecule has 4 rings (SSSR count). The molecule has 0 heterocycles. The van der Waals surface area contributed by atoms with Gasteiger partial charge in [-0.15, -0.1) is 0 Å². The van der Waals surface area contributed by atoms with Crippen LogP contribution in [-0.4, -0.2) is 39.5 Å². The first-order valence-corrected chi connectivity index (χ1v) is 16.2. The number of carbonyl (C=O) groups is 1. The molecule has 3 aromatic rings. The molecule has 0 radical (unpaired) electrons. The van der Waals surface area contributed by atoms with Gasteiger partial charge < -0.3 is 9.53 Å². The lowest BCUT2D eigenvalue weighted by atomic mass is 9.77. The lowest BCUT2D eigenvalue weighted by Crippen LogP contribution is -2.68. The lowest BCUT2D eigenvalue weighted by molar-refractivity contribution is -0.163. The quantitative estimate of drug-likeness (QED) is 0.313. The number of aliphatic carboxylic acids is 1. The Morgan fingerprint density at radius 2 is 1.34 bits per heavy atom. The Morgan fingerprint density at radius 1 is 0.868 bits per heavy atom.